The van der Waals surface area contributed by atoms with E-state index in [1.54, 1.807) is 26.0 Å². The Morgan fingerprint density at radius 2 is 1.87 bits per heavy atom. The van der Waals surface area contributed by atoms with Crippen molar-refractivity contribution in [3.05, 3.63) is 24.3 Å². The van der Waals surface area contributed by atoms with Crippen molar-refractivity contribution >= 4 is 21.6 Å². The highest BCUT2D eigenvalue weighted by atomic mass is 32.2. The van der Waals surface area contributed by atoms with Gasteiger partial charge in [-0.2, -0.15) is 4.31 Å². The van der Waals surface area contributed by atoms with E-state index in [4.69, 9.17) is 5.73 Å². The van der Waals surface area contributed by atoms with Gasteiger partial charge in [-0.1, -0.05) is 12.1 Å². The molecule has 5 rings (SSSR count). The molecular weight excluding hydrogens is 402 g/mol. The van der Waals surface area contributed by atoms with Gasteiger partial charge in [0.2, 0.25) is 15.9 Å². The van der Waals surface area contributed by atoms with Gasteiger partial charge in [-0.05, 0) is 75.8 Å². The number of carbonyl (C=O) groups is 1. The van der Waals surface area contributed by atoms with Gasteiger partial charge in [0.25, 0.3) is 0 Å². The van der Waals surface area contributed by atoms with E-state index in [-0.39, 0.29) is 33.9 Å². The zero-order valence-electron chi connectivity index (χ0n) is 17.8. The highest BCUT2D eigenvalue weighted by molar-refractivity contribution is 7.89. The normalized spacial score (nSPS) is 39.1. The van der Waals surface area contributed by atoms with Gasteiger partial charge in [0.15, 0.2) is 0 Å². The number of hydrogen-bond acceptors (Lipinski definition) is 5. The number of nitrogens with two attached hydrogens (primary N) is 1. The van der Waals surface area contributed by atoms with Gasteiger partial charge in [0.1, 0.15) is 10.4 Å². The largest absolute Gasteiger partial charge is 0.398 e. The summed E-state index contributed by atoms with van der Waals surface area (Å²) in [6, 6.07) is 6.30. The maximum atomic E-state index is 13.3. The fraction of sp³-hybridized carbons (Fsp3) is 0.682. The van der Waals surface area contributed by atoms with Crippen molar-refractivity contribution in [1.82, 2.24) is 9.62 Å². The minimum Gasteiger partial charge on any atom is -0.398 e. The molecule has 1 aromatic rings. The van der Waals surface area contributed by atoms with E-state index < -0.39 is 21.2 Å². The summed E-state index contributed by atoms with van der Waals surface area (Å²) in [5.41, 5.74) is 4.31. The van der Waals surface area contributed by atoms with E-state index in [1.165, 1.54) is 19.2 Å². The maximum Gasteiger partial charge on any atom is 0.245 e. The minimum absolute atomic E-state index is 0.00197. The molecule has 0 aromatic heterocycles. The molecule has 4 N–H and O–H groups in total. The molecule has 0 saturated heterocycles. The van der Waals surface area contributed by atoms with Crippen LogP contribution in [0.1, 0.15) is 46.0 Å². The summed E-state index contributed by atoms with van der Waals surface area (Å²) in [7, 11) is -2.51. The molecule has 0 heterocycles. The first-order chi connectivity index (χ1) is 13.9. The number of anilines is 1. The average Bonchev–Trinajstić information content (AvgIpc) is 3.04. The Morgan fingerprint density at radius 1 is 1.20 bits per heavy atom. The van der Waals surface area contributed by atoms with Gasteiger partial charge in [0, 0.05) is 18.5 Å². The standard InChI is InChI=1S/C22H31N3O4S/c1-20(2,25(3)30(28,29)17-7-5-4-6-16(17)23)19(26)24-18-13-8-15-12-22(27)11-14(18)10-21(15,22)9-13/h4-7,13-15,18,27H,8-12,23H2,1-3H3,(H,24,26). The Morgan fingerprint density at radius 3 is 2.57 bits per heavy atom. The number of likely N-dealkylation sites (N-methyl/N-ethyl adjacent to an activating group) is 1. The van der Waals surface area contributed by atoms with Crippen LogP contribution in [0.15, 0.2) is 29.2 Å². The zero-order valence-corrected chi connectivity index (χ0v) is 18.6. The van der Waals surface area contributed by atoms with E-state index in [0.29, 0.717) is 11.8 Å². The summed E-state index contributed by atoms with van der Waals surface area (Å²) in [5, 5.41) is 14.3. The average molecular weight is 434 g/mol. The van der Waals surface area contributed by atoms with Crippen LogP contribution in [0.25, 0.3) is 0 Å². The van der Waals surface area contributed by atoms with Gasteiger partial charge >= 0.3 is 0 Å². The molecule has 4 aliphatic rings. The van der Waals surface area contributed by atoms with Gasteiger partial charge in [-0.15, -0.1) is 0 Å². The third-order valence-corrected chi connectivity index (χ3v) is 11.1. The van der Waals surface area contributed by atoms with E-state index in [0.717, 1.165) is 36.4 Å². The highest BCUT2D eigenvalue weighted by Gasteiger charge is 2.76. The second-order valence-electron chi connectivity index (χ2n) is 10.5. The number of nitrogens with zero attached hydrogens (tertiary/aromatic N) is 1. The molecule has 7 nitrogen and oxygen atoms in total. The fourth-order valence-electron chi connectivity index (χ4n) is 7.12. The van der Waals surface area contributed by atoms with E-state index in [2.05, 4.69) is 5.32 Å². The molecule has 6 atom stereocenters. The lowest BCUT2D eigenvalue weighted by molar-refractivity contribution is -0.176. The maximum absolute atomic E-state index is 13.3. The van der Waals surface area contributed by atoms with Crippen molar-refractivity contribution in [3.8, 4) is 0 Å². The molecule has 164 valence electrons. The zero-order chi connectivity index (χ0) is 21.7. The van der Waals surface area contributed by atoms with Crippen LogP contribution in [-0.4, -0.2) is 48.0 Å². The van der Waals surface area contributed by atoms with Crippen molar-refractivity contribution in [3.63, 3.8) is 0 Å². The Balaban J connectivity index is 1.37. The number of nitrogen functional groups attached to an aromatic ring is 1. The molecule has 4 saturated carbocycles. The summed E-state index contributed by atoms with van der Waals surface area (Å²) >= 11 is 0. The van der Waals surface area contributed by atoms with Crippen molar-refractivity contribution < 1.29 is 18.3 Å². The molecule has 0 aliphatic heterocycles. The second kappa shape index (κ2) is 5.99. The topological polar surface area (TPSA) is 113 Å². The number of amides is 1. The van der Waals surface area contributed by atoms with Gasteiger partial charge in [-0.25, -0.2) is 8.42 Å². The Bertz CT molecular complexity index is 1020. The lowest BCUT2D eigenvalue weighted by atomic mass is 9.53. The number of hydrogen-bond donors (Lipinski definition) is 3. The van der Waals surface area contributed by atoms with Crippen LogP contribution in [0.4, 0.5) is 5.69 Å². The molecule has 1 spiro atoms. The van der Waals surface area contributed by atoms with Crippen LogP contribution >= 0.6 is 0 Å². The number of carbonyl (C=O) groups excluding carboxylic acids is 1. The van der Waals surface area contributed by atoms with Crippen molar-refractivity contribution in [2.24, 2.45) is 23.2 Å². The molecule has 6 unspecified atom stereocenters. The molecular formula is C22H31N3O4S. The second-order valence-corrected chi connectivity index (χ2v) is 12.5. The summed E-state index contributed by atoms with van der Waals surface area (Å²) in [5.74, 6) is 0.918. The van der Waals surface area contributed by atoms with Crippen LogP contribution < -0.4 is 11.1 Å². The van der Waals surface area contributed by atoms with Gasteiger partial charge in [0.05, 0.1) is 11.3 Å². The summed E-state index contributed by atoms with van der Waals surface area (Å²) in [6.45, 7) is 3.25. The van der Waals surface area contributed by atoms with Gasteiger partial charge < -0.3 is 16.2 Å². The molecule has 4 fully saturated rings. The first kappa shape index (κ1) is 20.3. The molecule has 1 amide bonds. The lowest BCUT2D eigenvalue weighted by Gasteiger charge is -2.55. The molecule has 1 aromatic carbocycles. The summed E-state index contributed by atoms with van der Waals surface area (Å²) in [4.78, 5) is 13.4. The highest BCUT2D eigenvalue weighted by Crippen LogP contribution is 2.77. The van der Waals surface area contributed by atoms with Crippen LogP contribution in [0.3, 0.4) is 0 Å². The number of nitrogens with one attached hydrogen (secondary N) is 1. The number of sulfonamides is 1. The minimum atomic E-state index is -3.94. The molecule has 3 bridgehead atoms. The van der Waals surface area contributed by atoms with Crippen molar-refractivity contribution in [2.75, 3.05) is 12.8 Å². The third-order valence-electron chi connectivity index (χ3n) is 8.95. The number of fused-ring (bicyclic) bond motifs is 2. The van der Waals surface area contributed by atoms with Crippen LogP contribution in [-0.2, 0) is 14.8 Å². The Labute approximate surface area is 178 Å². The van der Waals surface area contributed by atoms with E-state index in [1.807, 2.05) is 0 Å². The lowest BCUT2D eigenvalue weighted by Crippen LogP contribution is -2.59. The number of benzene rings is 1. The SMILES string of the molecule is CN(C(C)(C)C(=O)NC1C2CC3CC4(O)CC1CC34C2)S(=O)(=O)c1ccccc1N. The predicted octanol–water partition coefficient (Wildman–Crippen LogP) is 1.72. The van der Waals surface area contributed by atoms with E-state index in [9.17, 15) is 18.3 Å². The first-order valence-corrected chi connectivity index (χ1v) is 12.2. The number of para-hydroxylation sites is 1. The first-order valence-electron chi connectivity index (χ1n) is 10.8. The molecule has 0 radical (unpaired) electrons. The predicted molar refractivity (Wildman–Crippen MR) is 113 cm³/mol. The van der Waals surface area contributed by atoms with Crippen molar-refractivity contribution in [2.45, 2.75) is 68.0 Å². The molecule has 4 aliphatic carbocycles. The monoisotopic (exact) mass is 433 g/mol. The summed E-state index contributed by atoms with van der Waals surface area (Å²) < 4.78 is 27.5. The number of aliphatic hydroxyl groups is 1. The summed E-state index contributed by atoms with van der Waals surface area (Å²) in [6.07, 6.45) is 4.67. The Kier molecular flexibility index (Phi) is 4.04. The number of rotatable bonds is 5. The fourth-order valence-corrected chi connectivity index (χ4v) is 8.72. The quantitative estimate of drug-likeness (QED) is 0.612. The third kappa shape index (κ3) is 2.38. The van der Waals surface area contributed by atoms with Gasteiger partial charge in [-0.3, -0.25) is 4.79 Å². The Hall–Kier alpha value is -1.64. The molecule has 8 heteroatoms. The van der Waals surface area contributed by atoms with Crippen molar-refractivity contribution in [1.29, 1.82) is 0 Å². The molecule has 30 heavy (non-hydrogen) atoms. The smallest absolute Gasteiger partial charge is 0.245 e. The van der Waals surface area contributed by atoms with Crippen LogP contribution in [0.2, 0.25) is 0 Å². The van der Waals surface area contributed by atoms with E-state index >= 15 is 0 Å². The van der Waals surface area contributed by atoms with Crippen LogP contribution in [0, 0.1) is 23.2 Å². The van der Waals surface area contributed by atoms with Crippen LogP contribution in [0.5, 0.6) is 0 Å².